The minimum absolute atomic E-state index is 0.0705. The van der Waals surface area contributed by atoms with Crippen LogP contribution in [0.3, 0.4) is 0 Å². The number of carbonyl (C=O) groups excluding carboxylic acids is 3. The number of benzene rings is 3. The molecule has 1 heterocycles. The Hall–Kier alpha value is -4.00. The third-order valence-electron chi connectivity index (χ3n) is 4.51. The van der Waals surface area contributed by atoms with E-state index < -0.39 is 5.82 Å². The van der Waals surface area contributed by atoms with E-state index in [1.807, 2.05) is 0 Å². The van der Waals surface area contributed by atoms with Crippen molar-refractivity contribution in [2.45, 2.75) is 0 Å². The molecular formula is C22H16FN3O3. The van der Waals surface area contributed by atoms with Crippen LogP contribution in [0.4, 0.5) is 21.5 Å². The Labute approximate surface area is 166 Å². The van der Waals surface area contributed by atoms with Gasteiger partial charge >= 0.3 is 0 Å². The maximum absolute atomic E-state index is 13.0. The predicted octanol–water partition coefficient (Wildman–Crippen LogP) is 3.68. The second-order valence-electron chi connectivity index (χ2n) is 6.49. The van der Waals surface area contributed by atoms with E-state index in [-0.39, 0.29) is 24.3 Å². The van der Waals surface area contributed by atoms with Crippen LogP contribution in [0.25, 0.3) is 0 Å². The molecule has 0 radical (unpaired) electrons. The van der Waals surface area contributed by atoms with E-state index >= 15 is 0 Å². The van der Waals surface area contributed by atoms with Gasteiger partial charge in [-0.05, 0) is 60.7 Å². The molecule has 0 saturated heterocycles. The number of halogens is 1. The van der Waals surface area contributed by atoms with E-state index in [0.29, 0.717) is 28.2 Å². The molecule has 1 aliphatic rings. The minimum Gasteiger partial charge on any atom is -0.323 e. The number of rotatable bonds is 3. The molecule has 3 aromatic carbocycles. The molecule has 0 atom stereocenters. The number of para-hydroxylation sites is 2. The number of nitrogens with zero attached hydrogens (tertiary/aromatic N) is 1. The summed E-state index contributed by atoms with van der Waals surface area (Å²) in [6, 6.07) is 18.7. The van der Waals surface area contributed by atoms with Crippen LogP contribution in [0.15, 0.2) is 72.8 Å². The van der Waals surface area contributed by atoms with Gasteiger partial charge in [0.1, 0.15) is 12.4 Å². The molecule has 29 heavy (non-hydrogen) atoms. The zero-order chi connectivity index (χ0) is 20.4. The molecule has 0 bridgehead atoms. The van der Waals surface area contributed by atoms with Crippen LogP contribution in [0.5, 0.6) is 0 Å². The quantitative estimate of drug-likeness (QED) is 0.717. The normalized spacial score (nSPS) is 12.7. The largest absolute Gasteiger partial charge is 0.323 e. The highest BCUT2D eigenvalue weighted by Crippen LogP contribution is 2.30. The van der Waals surface area contributed by atoms with Crippen molar-refractivity contribution >= 4 is 34.8 Å². The van der Waals surface area contributed by atoms with E-state index in [0.717, 1.165) is 0 Å². The molecule has 3 aromatic rings. The lowest BCUT2D eigenvalue weighted by atomic mass is 10.1. The Morgan fingerprint density at radius 2 is 1.55 bits per heavy atom. The predicted molar refractivity (Wildman–Crippen MR) is 108 cm³/mol. The van der Waals surface area contributed by atoms with Gasteiger partial charge in [-0.1, -0.05) is 12.1 Å². The average Bonchev–Trinajstić information content (AvgIpc) is 2.73. The zero-order valence-electron chi connectivity index (χ0n) is 15.2. The first kappa shape index (κ1) is 18.4. The van der Waals surface area contributed by atoms with E-state index in [1.54, 1.807) is 48.5 Å². The summed E-state index contributed by atoms with van der Waals surface area (Å²) in [4.78, 5) is 38.5. The van der Waals surface area contributed by atoms with Crippen LogP contribution in [0, 0.1) is 5.82 Å². The lowest BCUT2D eigenvalue weighted by molar-refractivity contribution is -0.115. The maximum atomic E-state index is 13.0. The van der Waals surface area contributed by atoms with Crippen LogP contribution in [-0.4, -0.2) is 24.3 Å². The summed E-state index contributed by atoms with van der Waals surface area (Å²) in [6.45, 7) is -0.0705. The number of fused-ring (bicyclic) bond motifs is 1. The van der Waals surface area contributed by atoms with Crippen molar-refractivity contribution in [2.75, 3.05) is 22.1 Å². The summed E-state index contributed by atoms with van der Waals surface area (Å²) in [5.74, 6) is -1.38. The van der Waals surface area contributed by atoms with Gasteiger partial charge in [0.05, 0.1) is 11.4 Å². The van der Waals surface area contributed by atoms with E-state index in [4.69, 9.17) is 0 Å². The fraction of sp³-hybridized carbons (Fsp3) is 0.0455. The number of anilines is 3. The van der Waals surface area contributed by atoms with Gasteiger partial charge in [0.25, 0.3) is 11.8 Å². The molecule has 0 spiro atoms. The second kappa shape index (κ2) is 7.55. The zero-order valence-corrected chi connectivity index (χ0v) is 15.2. The number of nitrogens with one attached hydrogen (secondary N) is 2. The van der Waals surface area contributed by atoms with Gasteiger partial charge in [-0.15, -0.1) is 0 Å². The van der Waals surface area contributed by atoms with Gasteiger partial charge in [-0.25, -0.2) is 4.39 Å². The molecule has 7 heteroatoms. The minimum atomic E-state index is -0.419. The summed E-state index contributed by atoms with van der Waals surface area (Å²) in [6.07, 6.45) is 0. The first-order valence-corrected chi connectivity index (χ1v) is 8.89. The standard InChI is InChI=1S/C22H16FN3O3/c23-16-9-5-14(6-10-16)21(28)24-17-11-7-15(8-12-17)22(29)26-13-20(27)25-18-3-1-2-4-19(18)26/h1-12H,13H2,(H,24,28)(H,25,27). The van der Waals surface area contributed by atoms with Gasteiger partial charge < -0.3 is 10.6 Å². The molecule has 6 nitrogen and oxygen atoms in total. The molecule has 144 valence electrons. The molecule has 0 aliphatic carbocycles. The topological polar surface area (TPSA) is 78.5 Å². The first-order valence-electron chi connectivity index (χ1n) is 8.89. The Morgan fingerprint density at radius 1 is 0.897 bits per heavy atom. The average molecular weight is 389 g/mol. The number of hydrogen-bond acceptors (Lipinski definition) is 3. The molecule has 2 N–H and O–H groups in total. The monoisotopic (exact) mass is 389 g/mol. The van der Waals surface area contributed by atoms with Crippen molar-refractivity contribution in [1.82, 2.24) is 0 Å². The highest BCUT2D eigenvalue weighted by atomic mass is 19.1. The van der Waals surface area contributed by atoms with Crippen molar-refractivity contribution in [1.29, 1.82) is 0 Å². The molecule has 0 fully saturated rings. The molecular weight excluding hydrogens is 373 g/mol. The summed E-state index contributed by atoms with van der Waals surface area (Å²) >= 11 is 0. The smallest absolute Gasteiger partial charge is 0.258 e. The maximum Gasteiger partial charge on any atom is 0.258 e. The van der Waals surface area contributed by atoms with Crippen LogP contribution in [0.1, 0.15) is 20.7 Å². The Balaban J connectivity index is 1.51. The van der Waals surface area contributed by atoms with Gasteiger partial charge in [-0.3, -0.25) is 19.3 Å². The third-order valence-corrected chi connectivity index (χ3v) is 4.51. The molecule has 0 unspecified atom stereocenters. The van der Waals surface area contributed by atoms with Crippen molar-refractivity contribution in [3.05, 3.63) is 89.7 Å². The molecule has 0 saturated carbocycles. The summed E-state index contributed by atoms with van der Waals surface area (Å²) in [5.41, 5.74) is 2.41. The Kier molecular flexibility index (Phi) is 4.78. The van der Waals surface area contributed by atoms with Gasteiger partial charge in [0.2, 0.25) is 5.91 Å². The highest BCUT2D eigenvalue weighted by molar-refractivity contribution is 6.15. The van der Waals surface area contributed by atoms with Crippen molar-refractivity contribution < 1.29 is 18.8 Å². The summed E-state index contributed by atoms with van der Waals surface area (Å²) in [5, 5.41) is 5.44. The summed E-state index contributed by atoms with van der Waals surface area (Å²) < 4.78 is 13.0. The van der Waals surface area contributed by atoms with Crippen molar-refractivity contribution in [3.63, 3.8) is 0 Å². The van der Waals surface area contributed by atoms with Gasteiger partial charge in [-0.2, -0.15) is 0 Å². The number of hydrogen-bond donors (Lipinski definition) is 2. The highest BCUT2D eigenvalue weighted by Gasteiger charge is 2.27. The number of carbonyl (C=O) groups is 3. The fourth-order valence-corrected chi connectivity index (χ4v) is 3.07. The van der Waals surface area contributed by atoms with Crippen molar-refractivity contribution in [3.8, 4) is 0 Å². The van der Waals surface area contributed by atoms with E-state index in [9.17, 15) is 18.8 Å². The molecule has 3 amide bonds. The third kappa shape index (κ3) is 3.84. The van der Waals surface area contributed by atoms with E-state index in [2.05, 4.69) is 10.6 Å². The van der Waals surface area contributed by atoms with Crippen LogP contribution >= 0.6 is 0 Å². The van der Waals surface area contributed by atoms with Crippen LogP contribution in [0.2, 0.25) is 0 Å². The van der Waals surface area contributed by atoms with Crippen molar-refractivity contribution in [2.24, 2.45) is 0 Å². The van der Waals surface area contributed by atoms with Gasteiger partial charge in [0, 0.05) is 16.8 Å². The van der Waals surface area contributed by atoms with Crippen LogP contribution in [-0.2, 0) is 4.79 Å². The van der Waals surface area contributed by atoms with E-state index in [1.165, 1.54) is 29.2 Å². The Morgan fingerprint density at radius 3 is 2.28 bits per heavy atom. The lowest BCUT2D eigenvalue weighted by Crippen LogP contribution is -2.42. The molecule has 1 aliphatic heterocycles. The molecule has 0 aromatic heterocycles. The SMILES string of the molecule is O=C1CN(C(=O)c2ccc(NC(=O)c3ccc(F)cc3)cc2)c2ccccc2N1. The van der Waals surface area contributed by atoms with Crippen LogP contribution < -0.4 is 15.5 Å². The number of amides is 3. The first-order chi connectivity index (χ1) is 14.0. The fourth-order valence-electron chi connectivity index (χ4n) is 3.07. The molecule has 4 rings (SSSR count). The van der Waals surface area contributed by atoms with Gasteiger partial charge in [0.15, 0.2) is 0 Å². The summed E-state index contributed by atoms with van der Waals surface area (Å²) in [7, 11) is 0. The Bertz CT molecular complexity index is 1100. The second-order valence-corrected chi connectivity index (χ2v) is 6.49. The lowest BCUT2D eigenvalue weighted by Gasteiger charge is -2.29.